The Bertz CT molecular complexity index is 850. The second-order valence-corrected chi connectivity index (χ2v) is 5.31. The number of hydrogen-bond acceptors (Lipinski definition) is 5. The van der Waals surface area contributed by atoms with Crippen LogP contribution in [0.5, 0.6) is 11.5 Å². The molecule has 5 nitrogen and oxygen atoms in total. The number of benzene rings is 2. The summed E-state index contributed by atoms with van der Waals surface area (Å²) in [5.41, 5.74) is 2.36. The molecule has 0 atom stereocenters. The van der Waals surface area contributed by atoms with Crippen molar-refractivity contribution in [1.82, 2.24) is 0 Å². The monoisotopic (exact) mass is 326 g/mol. The highest BCUT2D eigenvalue weighted by molar-refractivity contribution is 5.86. The number of rotatable bonds is 6. The van der Waals surface area contributed by atoms with Crippen LogP contribution >= 0.6 is 0 Å². The Labute approximate surface area is 139 Å². The molecule has 0 saturated carbocycles. The minimum absolute atomic E-state index is 0.156. The Morgan fingerprint density at radius 3 is 2.62 bits per heavy atom. The standard InChI is InChI=1S/C19H18O5/c1-21-15-5-3-4-13(8-15)11-24-19(20)9-14-12-23-18-10-16(22-2)6-7-17(14)18/h3-8,10,12H,9,11H2,1-2H3. The molecule has 0 bridgehead atoms. The van der Waals surface area contributed by atoms with Crippen LogP contribution in [0.2, 0.25) is 0 Å². The van der Waals surface area contributed by atoms with Crippen molar-refractivity contribution in [3.05, 3.63) is 59.9 Å². The molecule has 0 radical (unpaired) electrons. The fraction of sp³-hybridized carbons (Fsp3) is 0.211. The minimum Gasteiger partial charge on any atom is -0.497 e. The number of carbonyl (C=O) groups is 1. The Morgan fingerprint density at radius 1 is 1.04 bits per heavy atom. The molecule has 5 heteroatoms. The highest BCUT2D eigenvalue weighted by Gasteiger charge is 2.12. The van der Waals surface area contributed by atoms with Crippen LogP contribution in [0.15, 0.2) is 53.1 Å². The van der Waals surface area contributed by atoms with Gasteiger partial charge in [-0.15, -0.1) is 0 Å². The molecular formula is C19H18O5. The van der Waals surface area contributed by atoms with Crippen LogP contribution in [0.3, 0.4) is 0 Å². The predicted molar refractivity (Wildman–Crippen MR) is 89.3 cm³/mol. The van der Waals surface area contributed by atoms with Gasteiger partial charge >= 0.3 is 5.97 Å². The maximum atomic E-state index is 12.1. The molecule has 0 amide bonds. The molecule has 0 aliphatic heterocycles. The summed E-state index contributed by atoms with van der Waals surface area (Å²) in [5.74, 6) is 1.14. The SMILES string of the molecule is COc1cccc(COC(=O)Cc2coc3cc(OC)ccc23)c1. The highest BCUT2D eigenvalue weighted by Crippen LogP contribution is 2.26. The number of ether oxygens (including phenoxy) is 3. The first-order valence-electron chi connectivity index (χ1n) is 7.52. The van der Waals surface area contributed by atoms with Crippen molar-refractivity contribution >= 4 is 16.9 Å². The van der Waals surface area contributed by atoms with E-state index >= 15 is 0 Å². The van der Waals surface area contributed by atoms with E-state index in [1.807, 2.05) is 36.4 Å². The normalized spacial score (nSPS) is 10.6. The van der Waals surface area contributed by atoms with Gasteiger partial charge in [-0.3, -0.25) is 4.79 Å². The molecular weight excluding hydrogens is 308 g/mol. The molecule has 1 aromatic heterocycles. The molecule has 124 valence electrons. The smallest absolute Gasteiger partial charge is 0.310 e. The van der Waals surface area contributed by atoms with E-state index in [0.29, 0.717) is 11.3 Å². The zero-order valence-electron chi connectivity index (χ0n) is 13.6. The quantitative estimate of drug-likeness (QED) is 0.646. The highest BCUT2D eigenvalue weighted by atomic mass is 16.5. The van der Waals surface area contributed by atoms with Gasteiger partial charge in [0.25, 0.3) is 0 Å². The van der Waals surface area contributed by atoms with Crippen LogP contribution in [0, 0.1) is 0 Å². The summed E-state index contributed by atoms with van der Waals surface area (Å²) in [6.45, 7) is 0.208. The lowest BCUT2D eigenvalue weighted by atomic mass is 10.1. The Morgan fingerprint density at radius 2 is 1.83 bits per heavy atom. The molecule has 0 fully saturated rings. The third-order valence-corrected chi connectivity index (χ3v) is 3.73. The van der Waals surface area contributed by atoms with Crippen molar-refractivity contribution in [3.63, 3.8) is 0 Å². The molecule has 3 rings (SSSR count). The van der Waals surface area contributed by atoms with Crippen molar-refractivity contribution in [2.75, 3.05) is 14.2 Å². The molecule has 2 aromatic carbocycles. The number of fused-ring (bicyclic) bond motifs is 1. The molecule has 24 heavy (non-hydrogen) atoms. The fourth-order valence-electron chi connectivity index (χ4n) is 2.46. The van der Waals surface area contributed by atoms with Gasteiger partial charge in [-0.2, -0.15) is 0 Å². The topological polar surface area (TPSA) is 57.9 Å². The molecule has 0 aliphatic rings. The number of hydrogen-bond donors (Lipinski definition) is 0. The van der Waals surface area contributed by atoms with E-state index in [1.54, 1.807) is 26.5 Å². The summed E-state index contributed by atoms with van der Waals surface area (Å²) >= 11 is 0. The van der Waals surface area contributed by atoms with Crippen LogP contribution in [-0.2, 0) is 22.6 Å². The summed E-state index contributed by atoms with van der Waals surface area (Å²) in [6.07, 6.45) is 1.74. The number of furan rings is 1. The molecule has 0 N–H and O–H groups in total. The van der Waals surface area contributed by atoms with E-state index in [9.17, 15) is 4.79 Å². The van der Waals surface area contributed by atoms with Crippen molar-refractivity contribution < 1.29 is 23.4 Å². The maximum Gasteiger partial charge on any atom is 0.310 e. The van der Waals surface area contributed by atoms with Gasteiger partial charge in [0.1, 0.15) is 23.7 Å². The van der Waals surface area contributed by atoms with E-state index in [4.69, 9.17) is 18.6 Å². The van der Waals surface area contributed by atoms with Crippen LogP contribution < -0.4 is 9.47 Å². The lowest BCUT2D eigenvalue weighted by Crippen LogP contribution is -2.07. The van der Waals surface area contributed by atoms with Gasteiger partial charge in [-0.25, -0.2) is 0 Å². The zero-order valence-corrected chi connectivity index (χ0v) is 13.6. The van der Waals surface area contributed by atoms with Gasteiger partial charge in [-0.05, 0) is 29.8 Å². The van der Waals surface area contributed by atoms with Gasteiger partial charge in [0.2, 0.25) is 0 Å². The summed E-state index contributed by atoms with van der Waals surface area (Å²) in [6, 6.07) is 12.9. The molecule has 1 heterocycles. The maximum absolute atomic E-state index is 12.1. The lowest BCUT2D eigenvalue weighted by molar-refractivity contribution is -0.144. The first kappa shape index (κ1) is 15.9. The van der Waals surface area contributed by atoms with Gasteiger partial charge in [-0.1, -0.05) is 12.1 Å². The number of esters is 1. The second kappa shape index (κ2) is 7.08. The van der Waals surface area contributed by atoms with E-state index < -0.39 is 0 Å². The van der Waals surface area contributed by atoms with E-state index in [0.717, 1.165) is 22.3 Å². The van der Waals surface area contributed by atoms with E-state index in [-0.39, 0.29) is 19.0 Å². The fourth-order valence-corrected chi connectivity index (χ4v) is 2.46. The molecule has 0 saturated heterocycles. The zero-order chi connectivity index (χ0) is 16.9. The Balaban J connectivity index is 1.64. The lowest BCUT2D eigenvalue weighted by Gasteiger charge is -2.06. The number of methoxy groups -OCH3 is 2. The predicted octanol–water partition coefficient (Wildman–Crippen LogP) is 3.74. The van der Waals surface area contributed by atoms with Gasteiger partial charge in [0.05, 0.1) is 26.9 Å². The molecule has 0 unspecified atom stereocenters. The van der Waals surface area contributed by atoms with Crippen molar-refractivity contribution in [3.8, 4) is 11.5 Å². The second-order valence-electron chi connectivity index (χ2n) is 5.31. The van der Waals surface area contributed by atoms with Gasteiger partial charge in [0, 0.05) is 17.0 Å². The average molecular weight is 326 g/mol. The van der Waals surface area contributed by atoms with Crippen LogP contribution in [0.4, 0.5) is 0 Å². The summed E-state index contributed by atoms with van der Waals surface area (Å²) in [5, 5.41) is 0.883. The summed E-state index contributed by atoms with van der Waals surface area (Å²) in [7, 11) is 3.20. The third kappa shape index (κ3) is 3.51. The summed E-state index contributed by atoms with van der Waals surface area (Å²) < 4.78 is 21.1. The first-order valence-corrected chi connectivity index (χ1v) is 7.52. The summed E-state index contributed by atoms with van der Waals surface area (Å²) in [4.78, 5) is 12.1. The van der Waals surface area contributed by atoms with Crippen LogP contribution in [-0.4, -0.2) is 20.2 Å². The van der Waals surface area contributed by atoms with E-state index in [2.05, 4.69) is 0 Å². The van der Waals surface area contributed by atoms with E-state index in [1.165, 1.54) is 0 Å². The number of carbonyl (C=O) groups excluding carboxylic acids is 1. The van der Waals surface area contributed by atoms with Gasteiger partial charge < -0.3 is 18.6 Å². The molecule has 0 aliphatic carbocycles. The van der Waals surface area contributed by atoms with Crippen LogP contribution in [0.1, 0.15) is 11.1 Å². The average Bonchev–Trinajstić information content (AvgIpc) is 3.02. The van der Waals surface area contributed by atoms with Crippen molar-refractivity contribution in [1.29, 1.82) is 0 Å². The first-order chi connectivity index (χ1) is 11.7. The Hall–Kier alpha value is -2.95. The van der Waals surface area contributed by atoms with Crippen molar-refractivity contribution in [2.24, 2.45) is 0 Å². The third-order valence-electron chi connectivity index (χ3n) is 3.73. The van der Waals surface area contributed by atoms with Crippen LogP contribution in [0.25, 0.3) is 11.0 Å². The molecule has 0 spiro atoms. The minimum atomic E-state index is -0.309. The molecule has 3 aromatic rings. The Kier molecular flexibility index (Phi) is 4.70. The largest absolute Gasteiger partial charge is 0.497 e. The van der Waals surface area contributed by atoms with Gasteiger partial charge in [0.15, 0.2) is 0 Å². The van der Waals surface area contributed by atoms with Crippen molar-refractivity contribution in [2.45, 2.75) is 13.0 Å².